The zero-order chi connectivity index (χ0) is 11.7. The number of non-ortho nitro benzene ring substituents is 1. The minimum Gasteiger partial charge on any atom is -0.860 e. The molecular weight excluding hydrogens is 212 g/mol. The Labute approximate surface area is 90.1 Å². The van der Waals surface area contributed by atoms with Gasteiger partial charge in [-0.3, -0.25) is 14.7 Å². The van der Waals surface area contributed by atoms with Crippen LogP contribution in [-0.4, -0.2) is 14.6 Å². The predicted octanol–water partition coefficient (Wildman–Crippen LogP) is 1.16. The zero-order valence-electron chi connectivity index (χ0n) is 8.03. The van der Waals surface area contributed by atoms with E-state index in [9.17, 15) is 20.3 Å². The van der Waals surface area contributed by atoms with Crippen LogP contribution in [0, 0.1) is 10.1 Å². The van der Waals surface area contributed by atoms with E-state index in [4.69, 9.17) is 0 Å². The molecule has 6 nitrogen and oxygen atoms in total. The molecule has 0 fully saturated rings. The van der Waals surface area contributed by atoms with Gasteiger partial charge >= 0.3 is 0 Å². The standard InChI is InChI=1S/C10H8N2O4/c13-9-5-6-10(14)11(9)7-1-3-8(4-2-7)12(15)16/h1-6,13-14H/p-1. The zero-order valence-corrected chi connectivity index (χ0v) is 8.03. The van der Waals surface area contributed by atoms with Crippen LogP contribution in [0.25, 0.3) is 5.69 Å². The monoisotopic (exact) mass is 219 g/mol. The molecule has 0 atom stereocenters. The summed E-state index contributed by atoms with van der Waals surface area (Å²) in [6.45, 7) is 0. The van der Waals surface area contributed by atoms with Crippen molar-refractivity contribution in [2.24, 2.45) is 0 Å². The lowest BCUT2D eigenvalue weighted by Crippen LogP contribution is -2.01. The molecule has 6 heteroatoms. The van der Waals surface area contributed by atoms with Crippen LogP contribution in [0.4, 0.5) is 5.69 Å². The molecule has 2 rings (SSSR count). The maximum Gasteiger partial charge on any atom is 0.269 e. The van der Waals surface area contributed by atoms with E-state index < -0.39 is 4.92 Å². The van der Waals surface area contributed by atoms with E-state index in [1.165, 1.54) is 36.4 Å². The fourth-order valence-corrected chi connectivity index (χ4v) is 1.39. The van der Waals surface area contributed by atoms with Gasteiger partial charge in [-0.2, -0.15) is 0 Å². The lowest BCUT2D eigenvalue weighted by molar-refractivity contribution is -0.384. The molecule has 0 spiro atoms. The number of nitrogens with zero attached hydrogens (tertiary/aromatic N) is 2. The second-order valence-electron chi connectivity index (χ2n) is 3.14. The highest BCUT2D eigenvalue weighted by molar-refractivity contribution is 5.45. The smallest absolute Gasteiger partial charge is 0.269 e. The van der Waals surface area contributed by atoms with Crippen molar-refractivity contribution in [2.75, 3.05) is 0 Å². The molecular formula is C10H7N2O4-. The van der Waals surface area contributed by atoms with Crippen LogP contribution in [0.15, 0.2) is 36.4 Å². The number of benzene rings is 1. The third kappa shape index (κ3) is 1.56. The maximum absolute atomic E-state index is 11.3. The van der Waals surface area contributed by atoms with Gasteiger partial charge in [-0.25, -0.2) is 0 Å². The molecule has 16 heavy (non-hydrogen) atoms. The minimum atomic E-state index is -0.530. The summed E-state index contributed by atoms with van der Waals surface area (Å²) in [6, 6.07) is 7.83. The van der Waals surface area contributed by atoms with Gasteiger partial charge in [-0.15, -0.1) is 0 Å². The Hall–Kier alpha value is -2.50. The molecule has 1 aromatic heterocycles. The van der Waals surface area contributed by atoms with Crippen molar-refractivity contribution in [3.63, 3.8) is 0 Å². The first-order chi connectivity index (χ1) is 7.59. The summed E-state index contributed by atoms with van der Waals surface area (Å²) >= 11 is 0. The Morgan fingerprint density at radius 3 is 2.19 bits per heavy atom. The van der Waals surface area contributed by atoms with Gasteiger partial charge in [0.25, 0.3) is 5.69 Å². The maximum atomic E-state index is 11.3. The average Bonchev–Trinajstić information content (AvgIpc) is 2.59. The molecule has 82 valence electrons. The van der Waals surface area contributed by atoms with Crippen LogP contribution in [0.3, 0.4) is 0 Å². The summed E-state index contributed by atoms with van der Waals surface area (Å²) in [6.07, 6.45) is 0. The minimum absolute atomic E-state index is 0.0668. The highest BCUT2D eigenvalue weighted by Crippen LogP contribution is 2.25. The summed E-state index contributed by atoms with van der Waals surface area (Å²) in [4.78, 5) is 9.89. The highest BCUT2D eigenvalue weighted by Gasteiger charge is 2.07. The molecule has 1 heterocycles. The van der Waals surface area contributed by atoms with E-state index in [0.29, 0.717) is 5.69 Å². The second kappa shape index (κ2) is 3.58. The summed E-state index contributed by atoms with van der Waals surface area (Å²) in [5.74, 6) is -0.579. The van der Waals surface area contributed by atoms with E-state index in [0.717, 1.165) is 4.57 Å². The quantitative estimate of drug-likeness (QED) is 0.606. The van der Waals surface area contributed by atoms with Crippen molar-refractivity contribution in [1.29, 1.82) is 0 Å². The third-order valence-electron chi connectivity index (χ3n) is 2.14. The SMILES string of the molecule is O=[N+]([O-])c1ccc(-n2c([O-])ccc2O)cc1. The molecule has 0 aliphatic heterocycles. The number of nitro groups is 1. The lowest BCUT2D eigenvalue weighted by Gasteiger charge is -2.12. The molecule has 1 aromatic carbocycles. The Kier molecular flexibility index (Phi) is 2.24. The Balaban J connectivity index is 2.46. The van der Waals surface area contributed by atoms with Crippen LogP contribution in [0.5, 0.6) is 11.8 Å². The van der Waals surface area contributed by atoms with Crippen molar-refractivity contribution >= 4 is 5.69 Å². The fourth-order valence-electron chi connectivity index (χ4n) is 1.39. The predicted molar refractivity (Wildman–Crippen MR) is 53.5 cm³/mol. The van der Waals surface area contributed by atoms with Crippen molar-refractivity contribution in [2.45, 2.75) is 0 Å². The largest absolute Gasteiger partial charge is 0.860 e. The average molecular weight is 219 g/mol. The van der Waals surface area contributed by atoms with Crippen LogP contribution in [-0.2, 0) is 0 Å². The number of aromatic nitrogens is 1. The molecule has 0 bridgehead atoms. The van der Waals surface area contributed by atoms with Crippen molar-refractivity contribution in [3.05, 3.63) is 46.5 Å². The van der Waals surface area contributed by atoms with E-state index >= 15 is 0 Å². The third-order valence-corrected chi connectivity index (χ3v) is 2.14. The molecule has 2 aromatic rings. The van der Waals surface area contributed by atoms with Crippen molar-refractivity contribution in [1.82, 2.24) is 4.57 Å². The number of hydrogen-bond acceptors (Lipinski definition) is 4. The summed E-state index contributed by atoms with van der Waals surface area (Å²) in [5, 5.41) is 31.1. The Bertz CT molecular complexity index is 511. The number of rotatable bonds is 2. The molecule has 0 radical (unpaired) electrons. The fraction of sp³-hybridized carbons (Fsp3) is 0. The summed E-state index contributed by atoms with van der Waals surface area (Å²) in [5.41, 5.74) is 0.320. The van der Waals surface area contributed by atoms with Gasteiger partial charge < -0.3 is 10.2 Å². The first-order valence-electron chi connectivity index (χ1n) is 4.42. The Morgan fingerprint density at radius 1 is 1.12 bits per heavy atom. The van der Waals surface area contributed by atoms with E-state index in [-0.39, 0.29) is 17.4 Å². The number of hydrogen-bond donors (Lipinski definition) is 1. The van der Waals surface area contributed by atoms with E-state index in [1.807, 2.05) is 0 Å². The van der Waals surface area contributed by atoms with Gasteiger partial charge in [-0.1, -0.05) is 0 Å². The van der Waals surface area contributed by atoms with Gasteiger partial charge in [-0.05, 0) is 30.1 Å². The molecule has 0 amide bonds. The molecule has 0 saturated heterocycles. The second-order valence-corrected chi connectivity index (χ2v) is 3.14. The number of aromatic hydroxyl groups is 1. The van der Waals surface area contributed by atoms with Crippen LogP contribution >= 0.6 is 0 Å². The van der Waals surface area contributed by atoms with Gasteiger partial charge in [0.1, 0.15) is 0 Å². The van der Waals surface area contributed by atoms with Crippen LogP contribution in [0.2, 0.25) is 0 Å². The van der Waals surface area contributed by atoms with Gasteiger partial charge in [0.15, 0.2) is 5.88 Å². The van der Waals surface area contributed by atoms with Gasteiger partial charge in [0, 0.05) is 17.8 Å². The molecule has 0 aliphatic rings. The van der Waals surface area contributed by atoms with Crippen molar-refractivity contribution in [3.8, 4) is 17.4 Å². The number of nitro benzene ring substituents is 1. The van der Waals surface area contributed by atoms with Crippen LogP contribution < -0.4 is 5.11 Å². The van der Waals surface area contributed by atoms with Gasteiger partial charge in [0.2, 0.25) is 0 Å². The molecule has 0 aliphatic carbocycles. The first kappa shape index (κ1) is 10.0. The molecule has 0 saturated carbocycles. The van der Waals surface area contributed by atoms with Crippen molar-refractivity contribution < 1.29 is 15.1 Å². The summed E-state index contributed by atoms with van der Waals surface area (Å²) in [7, 11) is 0. The van der Waals surface area contributed by atoms with E-state index in [2.05, 4.69) is 0 Å². The normalized spacial score (nSPS) is 10.2. The lowest BCUT2D eigenvalue weighted by atomic mass is 10.3. The first-order valence-corrected chi connectivity index (χ1v) is 4.42. The van der Waals surface area contributed by atoms with E-state index in [1.54, 1.807) is 0 Å². The topological polar surface area (TPSA) is 91.4 Å². The highest BCUT2D eigenvalue weighted by atomic mass is 16.6. The molecule has 1 N–H and O–H groups in total. The Morgan fingerprint density at radius 2 is 1.75 bits per heavy atom. The molecule has 0 unspecified atom stereocenters. The summed E-state index contributed by atoms with van der Waals surface area (Å²) < 4.78 is 1.06. The van der Waals surface area contributed by atoms with Gasteiger partial charge in [0.05, 0.1) is 4.92 Å². The van der Waals surface area contributed by atoms with Crippen LogP contribution in [0.1, 0.15) is 0 Å².